The number of carbonyl (C=O) groups excluding carboxylic acids is 1. The van der Waals surface area contributed by atoms with Crippen LogP contribution in [0, 0.1) is 11.8 Å². The fourth-order valence-electron chi connectivity index (χ4n) is 2.53. The van der Waals surface area contributed by atoms with Crippen LogP contribution in [0.3, 0.4) is 0 Å². The maximum Gasteiger partial charge on any atom is 0.237 e. The molecule has 0 saturated heterocycles. The van der Waals surface area contributed by atoms with Crippen LogP contribution in [0.15, 0.2) is 0 Å². The zero-order valence-electron chi connectivity index (χ0n) is 11.4. The van der Waals surface area contributed by atoms with Crippen LogP contribution in [0.1, 0.15) is 58.8 Å². The van der Waals surface area contributed by atoms with Gasteiger partial charge in [0.05, 0.1) is 6.04 Å². The summed E-state index contributed by atoms with van der Waals surface area (Å²) in [6, 6.07) is -0.341. The molecule has 0 aromatic rings. The van der Waals surface area contributed by atoms with E-state index in [0.717, 1.165) is 25.3 Å². The largest absolute Gasteiger partial charge is 0.355 e. The van der Waals surface area contributed by atoms with Gasteiger partial charge in [0, 0.05) is 6.54 Å². The highest BCUT2D eigenvalue weighted by molar-refractivity contribution is 5.81. The van der Waals surface area contributed by atoms with Crippen molar-refractivity contribution >= 4 is 5.91 Å². The van der Waals surface area contributed by atoms with E-state index in [1.807, 2.05) is 6.92 Å². The van der Waals surface area contributed by atoms with Gasteiger partial charge < -0.3 is 11.1 Å². The van der Waals surface area contributed by atoms with Crippen molar-refractivity contribution in [3.8, 4) is 0 Å². The number of hydrogen-bond acceptors (Lipinski definition) is 2. The molecule has 1 amide bonds. The Morgan fingerprint density at radius 1 is 1.41 bits per heavy atom. The molecule has 1 aliphatic carbocycles. The number of carbonyl (C=O) groups is 1. The Hall–Kier alpha value is -0.570. The molecule has 3 N–H and O–H groups in total. The SMILES string of the molecule is CCC(C)[C@H](N)C(=O)NCCCC1CCCC1. The Kier molecular flexibility index (Phi) is 6.56. The summed E-state index contributed by atoms with van der Waals surface area (Å²) in [6.45, 7) is 4.89. The third kappa shape index (κ3) is 5.07. The van der Waals surface area contributed by atoms with Gasteiger partial charge in [-0.2, -0.15) is 0 Å². The Bertz CT molecular complexity index is 224. The van der Waals surface area contributed by atoms with Crippen molar-refractivity contribution < 1.29 is 4.79 Å². The molecule has 0 aromatic heterocycles. The first-order valence-corrected chi connectivity index (χ1v) is 7.18. The summed E-state index contributed by atoms with van der Waals surface area (Å²) >= 11 is 0. The van der Waals surface area contributed by atoms with Crippen molar-refractivity contribution in [2.75, 3.05) is 6.54 Å². The summed E-state index contributed by atoms with van der Waals surface area (Å²) in [4.78, 5) is 11.7. The van der Waals surface area contributed by atoms with E-state index in [4.69, 9.17) is 5.73 Å². The molecule has 0 aliphatic heterocycles. The molecule has 0 spiro atoms. The summed E-state index contributed by atoms with van der Waals surface area (Å²) in [5.74, 6) is 1.20. The molecule has 3 nitrogen and oxygen atoms in total. The molecule has 0 radical (unpaired) electrons. The minimum Gasteiger partial charge on any atom is -0.355 e. The van der Waals surface area contributed by atoms with Crippen LogP contribution in [-0.4, -0.2) is 18.5 Å². The first kappa shape index (κ1) is 14.5. The Labute approximate surface area is 106 Å². The third-order valence-electron chi connectivity index (χ3n) is 4.12. The topological polar surface area (TPSA) is 55.1 Å². The van der Waals surface area contributed by atoms with E-state index in [1.165, 1.54) is 32.1 Å². The molecule has 1 rings (SSSR count). The van der Waals surface area contributed by atoms with Gasteiger partial charge in [0.2, 0.25) is 5.91 Å². The van der Waals surface area contributed by atoms with E-state index in [9.17, 15) is 4.79 Å². The van der Waals surface area contributed by atoms with Gasteiger partial charge in [-0.15, -0.1) is 0 Å². The molecule has 0 heterocycles. The number of amides is 1. The number of nitrogens with one attached hydrogen (secondary N) is 1. The van der Waals surface area contributed by atoms with Crippen LogP contribution in [0.2, 0.25) is 0 Å². The molecule has 1 unspecified atom stereocenters. The van der Waals surface area contributed by atoms with Gasteiger partial charge in [-0.1, -0.05) is 46.0 Å². The van der Waals surface area contributed by atoms with E-state index in [1.54, 1.807) is 0 Å². The summed E-state index contributed by atoms with van der Waals surface area (Å²) < 4.78 is 0. The number of nitrogens with two attached hydrogens (primary N) is 1. The third-order valence-corrected chi connectivity index (χ3v) is 4.12. The maximum atomic E-state index is 11.7. The summed E-state index contributed by atoms with van der Waals surface area (Å²) in [5, 5.41) is 2.96. The van der Waals surface area contributed by atoms with Crippen molar-refractivity contribution in [1.82, 2.24) is 5.32 Å². The quantitative estimate of drug-likeness (QED) is 0.672. The zero-order valence-corrected chi connectivity index (χ0v) is 11.4. The molecule has 1 aliphatic rings. The average molecular weight is 240 g/mol. The lowest BCUT2D eigenvalue weighted by Crippen LogP contribution is -2.44. The maximum absolute atomic E-state index is 11.7. The molecule has 2 atom stereocenters. The summed E-state index contributed by atoms with van der Waals surface area (Å²) in [6.07, 6.45) is 8.89. The Morgan fingerprint density at radius 3 is 2.65 bits per heavy atom. The first-order chi connectivity index (χ1) is 8.15. The van der Waals surface area contributed by atoms with Gasteiger partial charge in [0.15, 0.2) is 0 Å². The number of rotatable bonds is 7. The minimum absolute atomic E-state index is 0.0192. The monoisotopic (exact) mass is 240 g/mol. The van der Waals surface area contributed by atoms with Gasteiger partial charge in [-0.05, 0) is 24.7 Å². The predicted octanol–water partition coefficient (Wildman–Crippen LogP) is 2.45. The lowest BCUT2D eigenvalue weighted by Gasteiger charge is -2.18. The van der Waals surface area contributed by atoms with E-state index in [0.29, 0.717) is 0 Å². The standard InChI is InChI=1S/C14H28N2O/c1-3-11(2)13(15)14(17)16-10-6-9-12-7-4-5-8-12/h11-13H,3-10,15H2,1-2H3,(H,16,17)/t11?,13-/m0/s1. The van der Waals surface area contributed by atoms with Gasteiger partial charge in [-0.25, -0.2) is 0 Å². The summed E-state index contributed by atoms with van der Waals surface area (Å²) in [7, 11) is 0. The highest BCUT2D eigenvalue weighted by atomic mass is 16.2. The van der Waals surface area contributed by atoms with Crippen molar-refractivity contribution in [2.45, 2.75) is 64.8 Å². The van der Waals surface area contributed by atoms with E-state index < -0.39 is 0 Å². The van der Waals surface area contributed by atoms with Gasteiger partial charge in [-0.3, -0.25) is 4.79 Å². The highest BCUT2D eigenvalue weighted by Gasteiger charge is 2.19. The second-order valence-electron chi connectivity index (χ2n) is 5.50. The van der Waals surface area contributed by atoms with Crippen LogP contribution in [0.4, 0.5) is 0 Å². The van der Waals surface area contributed by atoms with E-state index >= 15 is 0 Å². The van der Waals surface area contributed by atoms with Crippen molar-refractivity contribution in [3.63, 3.8) is 0 Å². The Balaban J connectivity index is 2.06. The molecular formula is C14H28N2O. The second kappa shape index (κ2) is 7.70. The Morgan fingerprint density at radius 2 is 2.06 bits per heavy atom. The van der Waals surface area contributed by atoms with Crippen LogP contribution < -0.4 is 11.1 Å². The van der Waals surface area contributed by atoms with Crippen LogP contribution in [-0.2, 0) is 4.79 Å². The van der Waals surface area contributed by atoms with Gasteiger partial charge in [0.25, 0.3) is 0 Å². The van der Waals surface area contributed by atoms with Crippen LogP contribution in [0.5, 0.6) is 0 Å². The van der Waals surface area contributed by atoms with E-state index in [-0.39, 0.29) is 17.9 Å². The molecule has 17 heavy (non-hydrogen) atoms. The van der Waals surface area contributed by atoms with E-state index in [2.05, 4.69) is 12.2 Å². The van der Waals surface area contributed by atoms with Gasteiger partial charge in [0.1, 0.15) is 0 Å². The molecule has 1 fully saturated rings. The lowest BCUT2D eigenvalue weighted by molar-refractivity contribution is -0.123. The fraction of sp³-hybridized carbons (Fsp3) is 0.929. The first-order valence-electron chi connectivity index (χ1n) is 7.18. The van der Waals surface area contributed by atoms with Crippen molar-refractivity contribution in [2.24, 2.45) is 17.6 Å². The molecule has 100 valence electrons. The molecular weight excluding hydrogens is 212 g/mol. The smallest absolute Gasteiger partial charge is 0.237 e. The summed E-state index contributed by atoms with van der Waals surface area (Å²) in [5.41, 5.74) is 5.86. The van der Waals surface area contributed by atoms with Crippen LogP contribution in [0.25, 0.3) is 0 Å². The predicted molar refractivity (Wildman–Crippen MR) is 71.6 cm³/mol. The molecule has 3 heteroatoms. The molecule has 0 bridgehead atoms. The average Bonchev–Trinajstić information content (AvgIpc) is 2.85. The molecule has 0 aromatic carbocycles. The molecule has 1 saturated carbocycles. The van der Waals surface area contributed by atoms with Crippen molar-refractivity contribution in [1.29, 1.82) is 0 Å². The van der Waals surface area contributed by atoms with Gasteiger partial charge >= 0.3 is 0 Å². The highest BCUT2D eigenvalue weighted by Crippen LogP contribution is 2.28. The fourth-order valence-corrected chi connectivity index (χ4v) is 2.53. The zero-order chi connectivity index (χ0) is 12.7. The van der Waals surface area contributed by atoms with Crippen LogP contribution >= 0.6 is 0 Å². The van der Waals surface area contributed by atoms with Crippen molar-refractivity contribution in [3.05, 3.63) is 0 Å². The number of hydrogen-bond donors (Lipinski definition) is 2. The normalized spacial score (nSPS) is 20.2. The lowest BCUT2D eigenvalue weighted by atomic mass is 9.99. The minimum atomic E-state index is -0.341. The second-order valence-corrected chi connectivity index (χ2v) is 5.50.